The molecular weight excluding hydrogens is 228 g/mol. The number of nitrogens with zero attached hydrogens (tertiary/aromatic N) is 1. The van der Waals surface area contributed by atoms with E-state index in [1.54, 1.807) is 0 Å². The fourth-order valence-electron chi connectivity index (χ4n) is 1.98. The van der Waals surface area contributed by atoms with Crippen LogP contribution in [0.25, 0.3) is 0 Å². The summed E-state index contributed by atoms with van der Waals surface area (Å²) in [4.78, 5) is 15.8. The van der Waals surface area contributed by atoms with Crippen LogP contribution in [0.3, 0.4) is 0 Å². The predicted octanol–water partition coefficient (Wildman–Crippen LogP) is 1.34. The fraction of sp³-hybridized carbons (Fsp3) is 0.538. The number of aromatic nitrogens is 1. The Kier molecular flexibility index (Phi) is 5.09. The van der Waals surface area contributed by atoms with Crippen LogP contribution in [0.5, 0.6) is 0 Å². The lowest BCUT2D eigenvalue weighted by Crippen LogP contribution is -2.23. The van der Waals surface area contributed by atoms with Crippen LogP contribution in [0.2, 0.25) is 0 Å². The van der Waals surface area contributed by atoms with Crippen molar-refractivity contribution >= 4 is 11.7 Å². The predicted molar refractivity (Wildman–Crippen MR) is 73.6 cm³/mol. The lowest BCUT2D eigenvalue weighted by atomic mass is 10.1. The molecule has 1 amide bonds. The monoisotopic (exact) mass is 250 g/mol. The maximum Gasteiger partial charge on any atom is 0.252 e. The molecule has 0 saturated heterocycles. The van der Waals surface area contributed by atoms with E-state index in [2.05, 4.69) is 10.3 Å². The van der Waals surface area contributed by atoms with Gasteiger partial charge in [-0.05, 0) is 51.8 Å². The smallest absolute Gasteiger partial charge is 0.252 e. The molecule has 0 fully saturated rings. The zero-order valence-electron chi connectivity index (χ0n) is 11.3. The summed E-state index contributed by atoms with van der Waals surface area (Å²) >= 11 is 0. The van der Waals surface area contributed by atoms with Gasteiger partial charge in [0.1, 0.15) is 5.82 Å². The van der Waals surface area contributed by atoms with Gasteiger partial charge in [-0.25, -0.2) is 4.98 Å². The molecule has 0 aliphatic rings. The molecule has 0 aliphatic carbocycles. The number of amides is 1. The van der Waals surface area contributed by atoms with Gasteiger partial charge >= 0.3 is 0 Å². The summed E-state index contributed by atoms with van der Waals surface area (Å²) < 4.78 is 0. The van der Waals surface area contributed by atoms with Crippen LogP contribution in [-0.2, 0) is 0 Å². The SMILES string of the molecule is Cc1cc(C)c(C(N)=O)c(NC(C)CCCN)n1. The minimum atomic E-state index is -0.450. The van der Waals surface area contributed by atoms with Crippen molar-refractivity contribution < 1.29 is 4.79 Å². The van der Waals surface area contributed by atoms with Gasteiger partial charge < -0.3 is 16.8 Å². The van der Waals surface area contributed by atoms with Crippen molar-refractivity contribution in [2.75, 3.05) is 11.9 Å². The number of anilines is 1. The van der Waals surface area contributed by atoms with E-state index in [-0.39, 0.29) is 6.04 Å². The van der Waals surface area contributed by atoms with E-state index >= 15 is 0 Å². The molecule has 1 unspecified atom stereocenters. The fourth-order valence-corrected chi connectivity index (χ4v) is 1.98. The van der Waals surface area contributed by atoms with Crippen molar-refractivity contribution in [3.63, 3.8) is 0 Å². The number of nitrogens with one attached hydrogen (secondary N) is 1. The molecule has 1 atom stereocenters. The first kappa shape index (κ1) is 14.4. The second-order valence-electron chi connectivity index (χ2n) is 4.64. The van der Waals surface area contributed by atoms with Crippen LogP contribution in [-0.4, -0.2) is 23.5 Å². The van der Waals surface area contributed by atoms with E-state index in [1.807, 2.05) is 26.8 Å². The van der Waals surface area contributed by atoms with Crippen molar-refractivity contribution in [1.29, 1.82) is 0 Å². The minimum absolute atomic E-state index is 0.209. The molecule has 5 nitrogen and oxygen atoms in total. The Balaban J connectivity index is 2.96. The molecule has 1 rings (SSSR count). The van der Waals surface area contributed by atoms with Crippen molar-refractivity contribution in [3.05, 3.63) is 22.9 Å². The van der Waals surface area contributed by atoms with Crippen LogP contribution in [0.4, 0.5) is 5.82 Å². The van der Waals surface area contributed by atoms with E-state index in [0.717, 1.165) is 24.1 Å². The number of hydrogen-bond acceptors (Lipinski definition) is 4. The molecule has 100 valence electrons. The van der Waals surface area contributed by atoms with Gasteiger partial charge in [0, 0.05) is 11.7 Å². The number of pyridine rings is 1. The minimum Gasteiger partial charge on any atom is -0.367 e. The summed E-state index contributed by atoms with van der Waals surface area (Å²) in [5.74, 6) is 0.123. The second-order valence-corrected chi connectivity index (χ2v) is 4.64. The van der Waals surface area contributed by atoms with E-state index in [0.29, 0.717) is 17.9 Å². The van der Waals surface area contributed by atoms with Gasteiger partial charge in [0.15, 0.2) is 0 Å². The summed E-state index contributed by atoms with van der Waals surface area (Å²) in [6.45, 7) is 6.47. The molecule has 0 aromatic carbocycles. The van der Waals surface area contributed by atoms with Gasteiger partial charge in [0.2, 0.25) is 0 Å². The molecule has 0 saturated carbocycles. The van der Waals surface area contributed by atoms with Gasteiger partial charge in [-0.15, -0.1) is 0 Å². The van der Waals surface area contributed by atoms with Gasteiger partial charge in [0.05, 0.1) is 5.56 Å². The Morgan fingerprint density at radius 3 is 2.72 bits per heavy atom. The van der Waals surface area contributed by atoms with Gasteiger partial charge in [-0.2, -0.15) is 0 Å². The Labute approximate surface area is 108 Å². The van der Waals surface area contributed by atoms with Crippen molar-refractivity contribution in [3.8, 4) is 0 Å². The molecule has 0 aliphatic heterocycles. The lowest BCUT2D eigenvalue weighted by Gasteiger charge is -2.17. The molecule has 1 aromatic heterocycles. The normalized spacial score (nSPS) is 12.2. The van der Waals surface area contributed by atoms with Crippen molar-refractivity contribution in [1.82, 2.24) is 4.98 Å². The third kappa shape index (κ3) is 3.70. The topological polar surface area (TPSA) is 94.0 Å². The maximum absolute atomic E-state index is 11.5. The second kappa shape index (κ2) is 6.35. The standard InChI is InChI=1S/C13H22N4O/c1-8-7-10(3)17-13(11(8)12(15)18)16-9(2)5-4-6-14/h7,9H,4-6,14H2,1-3H3,(H2,15,18)(H,16,17). The first-order valence-electron chi connectivity index (χ1n) is 6.20. The summed E-state index contributed by atoms with van der Waals surface area (Å²) in [6.07, 6.45) is 1.87. The van der Waals surface area contributed by atoms with Crippen LogP contribution in [0.15, 0.2) is 6.07 Å². The number of carbonyl (C=O) groups excluding carboxylic acids is 1. The van der Waals surface area contributed by atoms with Crippen LogP contribution >= 0.6 is 0 Å². The maximum atomic E-state index is 11.5. The highest BCUT2D eigenvalue weighted by Crippen LogP contribution is 2.19. The molecule has 5 N–H and O–H groups in total. The number of carbonyl (C=O) groups is 1. The summed E-state index contributed by atoms with van der Waals surface area (Å²) in [6, 6.07) is 2.07. The Morgan fingerprint density at radius 1 is 1.50 bits per heavy atom. The van der Waals surface area contributed by atoms with Gasteiger partial charge in [-0.1, -0.05) is 0 Å². The summed E-state index contributed by atoms with van der Waals surface area (Å²) in [5, 5.41) is 3.24. The molecule has 1 heterocycles. The molecule has 0 spiro atoms. The van der Waals surface area contributed by atoms with Crippen LogP contribution in [0, 0.1) is 13.8 Å². The number of rotatable bonds is 6. The first-order chi connectivity index (χ1) is 8.45. The molecule has 5 heteroatoms. The Morgan fingerprint density at radius 2 is 2.17 bits per heavy atom. The van der Waals surface area contributed by atoms with E-state index < -0.39 is 5.91 Å². The summed E-state index contributed by atoms with van der Waals surface area (Å²) in [5.41, 5.74) is 13.1. The lowest BCUT2D eigenvalue weighted by molar-refractivity contribution is 0.1000. The number of nitrogens with two attached hydrogens (primary N) is 2. The van der Waals surface area contributed by atoms with E-state index in [9.17, 15) is 4.79 Å². The average Bonchev–Trinajstić information content (AvgIpc) is 2.24. The molecule has 1 aromatic rings. The van der Waals surface area contributed by atoms with Crippen molar-refractivity contribution in [2.45, 2.75) is 39.7 Å². The zero-order chi connectivity index (χ0) is 13.7. The molecule has 18 heavy (non-hydrogen) atoms. The molecule has 0 radical (unpaired) electrons. The highest BCUT2D eigenvalue weighted by atomic mass is 16.1. The third-order valence-corrected chi connectivity index (χ3v) is 2.82. The van der Waals surface area contributed by atoms with Gasteiger partial charge in [0.25, 0.3) is 5.91 Å². The van der Waals surface area contributed by atoms with E-state index in [1.165, 1.54) is 0 Å². The third-order valence-electron chi connectivity index (χ3n) is 2.82. The molecule has 0 bridgehead atoms. The zero-order valence-corrected chi connectivity index (χ0v) is 11.3. The Bertz CT molecular complexity index is 431. The number of hydrogen-bond donors (Lipinski definition) is 3. The largest absolute Gasteiger partial charge is 0.367 e. The number of aryl methyl sites for hydroxylation is 2. The molecular formula is C13H22N4O. The quantitative estimate of drug-likeness (QED) is 0.710. The highest BCUT2D eigenvalue weighted by Gasteiger charge is 2.15. The Hall–Kier alpha value is -1.62. The summed E-state index contributed by atoms with van der Waals surface area (Å²) in [7, 11) is 0. The first-order valence-corrected chi connectivity index (χ1v) is 6.20. The van der Waals surface area contributed by atoms with Crippen molar-refractivity contribution in [2.24, 2.45) is 11.5 Å². The van der Waals surface area contributed by atoms with Gasteiger partial charge in [-0.3, -0.25) is 4.79 Å². The number of primary amides is 1. The average molecular weight is 250 g/mol. The highest BCUT2D eigenvalue weighted by molar-refractivity contribution is 5.99. The van der Waals surface area contributed by atoms with E-state index in [4.69, 9.17) is 11.5 Å². The van der Waals surface area contributed by atoms with Crippen LogP contribution in [0.1, 0.15) is 41.4 Å². The van der Waals surface area contributed by atoms with Crippen LogP contribution < -0.4 is 16.8 Å².